The molecule has 2 amide bonds. The molecule has 0 spiro atoms. The zero-order valence-corrected chi connectivity index (χ0v) is 10.9. The predicted molar refractivity (Wildman–Crippen MR) is 69.1 cm³/mol. The summed E-state index contributed by atoms with van der Waals surface area (Å²) in [7, 11) is 0. The first-order valence-corrected chi connectivity index (χ1v) is 6.09. The number of carboxylic acids is 1. The van der Waals surface area contributed by atoms with Crippen LogP contribution >= 0.6 is 0 Å². The second-order valence-electron chi connectivity index (χ2n) is 4.73. The minimum atomic E-state index is -1.40. The average Bonchev–Trinajstić information content (AvgIpc) is 2.83. The number of hydrogen-bond donors (Lipinski definition) is 3. The van der Waals surface area contributed by atoms with Gasteiger partial charge in [0.15, 0.2) is 5.54 Å². The van der Waals surface area contributed by atoms with Crippen LogP contribution in [0, 0.1) is 12.7 Å². The quantitative estimate of drug-likeness (QED) is 0.784. The Morgan fingerprint density at radius 2 is 2.20 bits per heavy atom. The molecule has 0 saturated carbocycles. The molecule has 1 aliphatic heterocycles. The molecule has 1 aromatic rings. The van der Waals surface area contributed by atoms with Crippen LogP contribution in [-0.2, 0) is 9.53 Å². The van der Waals surface area contributed by atoms with E-state index < -0.39 is 17.5 Å². The van der Waals surface area contributed by atoms with Crippen LogP contribution in [0.15, 0.2) is 18.2 Å². The van der Waals surface area contributed by atoms with Gasteiger partial charge < -0.3 is 20.5 Å². The van der Waals surface area contributed by atoms with E-state index in [1.807, 2.05) is 0 Å². The highest BCUT2D eigenvalue weighted by atomic mass is 19.1. The van der Waals surface area contributed by atoms with Gasteiger partial charge in [-0.1, -0.05) is 0 Å². The van der Waals surface area contributed by atoms with Gasteiger partial charge in [0.05, 0.1) is 6.61 Å². The van der Waals surface area contributed by atoms with E-state index in [1.165, 1.54) is 18.2 Å². The summed E-state index contributed by atoms with van der Waals surface area (Å²) >= 11 is 0. The molecule has 3 N–H and O–H groups in total. The van der Waals surface area contributed by atoms with E-state index in [0.29, 0.717) is 11.3 Å². The summed E-state index contributed by atoms with van der Waals surface area (Å²) in [4.78, 5) is 23.1. The first-order chi connectivity index (χ1) is 9.43. The Balaban J connectivity index is 2.04. The lowest BCUT2D eigenvalue weighted by Gasteiger charge is -2.23. The number of aliphatic carboxylic acids is 1. The molecule has 1 atom stereocenters. The molecule has 2 rings (SSSR count). The van der Waals surface area contributed by atoms with Gasteiger partial charge in [-0.3, -0.25) is 0 Å². The van der Waals surface area contributed by atoms with Gasteiger partial charge in [0.1, 0.15) is 5.82 Å². The molecule has 1 heterocycles. The molecule has 1 fully saturated rings. The number of rotatable bonds is 3. The monoisotopic (exact) mass is 282 g/mol. The maximum Gasteiger partial charge on any atom is 0.332 e. The second-order valence-corrected chi connectivity index (χ2v) is 4.73. The number of carbonyl (C=O) groups excluding carboxylic acids is 1. The first-order valence-electron chi connectivity index (χ1n) is 6.09. The number of nitrogens with one attached hydrogen (secondary N) is 2. The first kappa shape index (κ1) is 14.3. The molecule has 0 radical (unpaired) electrons. The number of halogens is 1. The SMILES string of the molecule is Cc1cc(NC(=O)NC2(C(=O)O)CCOC2)ccc1F. The second kappa shape index (κ2) is 5.46. The lowest BCUT2D eigenvalue weighted by atomic mass is 9.99. The van der Waals surface area contributed by atoms with Gasteiger partial charge in [0, 0.05) is 18.7 Å². The number of ether oxygens (including phenoxy) is 1. The maximum absolute atomic E-state index is 13.1. The minimum Gasteiger partial charge on any atom is -0.479 e. The zero-order valence-electron chi connectivity index (χ0n) is 10.9. The standard InChI is InChI=1S/C13H15FN2O4/c1-8-6-9(2-3-10(8)14)15-12(19)16-13(11(17)18)4-5-20-7-13/h2-3,6H,4-5,7H2,1H3,(H,17,18)(H2,15,16,19). The Kier molecular flexibility index (Phi) is 3.89. The van der Waals surface area contributed by atoms with E-state index in [2.05, 4.69) is 10.6 Å². The van der Waals surface area contributed by atoms with Crippen LogP contribution in [0.4, 0.5) is 14.9 Å². The van der Waals surface area contributed by atoms with E-state index in [0.717, 1.165) is 0 Å². The zero-order chi connectivity index (χ0) is 14.8. The molecule has 7 heteroatoms. The third-order valence-corrected chi connectivity index (χ3v) is 3.20. The summed E-state index contributed by atoms with van der Waals surface area (Å²) < 4.78 is 18.1. The summed E-state index contributed by atoms with van der Waals surface area (Å²) in [6, 6.07) is 3.44. The molecule has 0 aromatic heterocycles. The highest BCUT2D eigenvalue weighted by Gasteiger charge is 2.44. The molecule has 1 aliphatic rings. The fourth-order valence-electron chi connectivity index (χ4n) is 1.99. The van der Waals surface area contributed by atoms with Crippen molar-refractivity contribution in [2.24, 2.45) is 0 Å². The van der Waals surface area contributed by atoms with Crippen LogP contribution in [-0.4, -0.2) is 35.9 Å². The third kappa shape index (κ3) is 2.88. The van der Waals surface area contributed by atoms with Gasteiger partial charge in [0.2, 0.25) is 0 Å². The van der Waals surface area contributed by atoms with Crippen molar-refractivity contribution in [3.05, 3.63) is 29.6 Å². The highest BCUT2D eigenvalue weighted by molar-refractivity contribution is 5.94. The van der Waals surface area contributed by atoms with E-state index in [4.69, 9.17) is 4.74 Å². The van der Waals surface area contributed by atoms with Gasteiger partial charge in [-0.2, -0.15) is 0 Å². The Morgan fingerprint density at radius 1 is 1.45 bits per heavy atom. The molecular formula is C13H15FN2O4. The van der Waals surface area contributed by atoms with Gasteiger partial charge in [-0.15, -0.1) is 0 Å². The Labute approximate surface area is 114 Å². The molecule has 1 unspecified atom stereocenters. The number of aryl methyl sites for hydroxylation is 1. The van der Waals surface area contributed by atoms with E-state index >= 15 is 0 Å². The van der Waals surface area contributed by atoms with Gasteiger partial charge in [-0.05, 0) is 30.7 Å². The van der Waals surface area contributed by atoms with Crippen molar-refractivity contribution < 1.29 is 23.8 Å². The van der Waals surface area contributed by atoms with Crippen molar-refractivity contribution >= 4 is 17.7 Å². The Bertz CT molecular complexity index is 541. The fourth-order valence-corrected chi connectivity index (χ4v) is 1.99. The Morgan fingerprint density at radius 3 is 2.75 bits per heavy atom. The fraction of sp³-hybridized carbons (Fsp3) is 0.385. The van der Waals surface area contributed by atoms with Crippen molar-refractivity contribution in [3.8, 4) is 0 Å². The van der Waals surface area contributed by atoms with Gasteiger partial charge in [0.25, 0.3) is 0 Å². The Hall–Kier alpha value is -2.15. The normalized spacial score (nSPS) is 21.5. The molecule has 0 aliphatic carbocycles. The predicted octanol–water partition coefficient (Wildman–Crippen LogP) is 1.50. The largest absolute Gasteiger partial charge is 0.479 e. The summed E-state index contributed by atoms with van der Waals surface area (Å²) in [5.74, 6) is -1.51. The molecule has 1 saturated heterocycles. The van der Waals surface area contributed by atoms with Crippen LogP contribution in [0.2, 0.25) is 0 Å². The van der Waals surface area contributed by atoms with Crippen LogP contribution in [0.25, 0.3) is 0 Å². The molecular weight excluding hydrogens is 267 g/mol. The van der Waals surface area contributed by atoms with Crippen molar-refractivity contribution in [2.45, 2.75) is 18.9 Å². The van der Waals surface area contributed by atoms with Crippen molar-refractivity contribution in [3.63, 3.8) is 0 Å². The van der Waals surface area contributed by atoms with E-state index in [1.54, 1.807) is 6.92 Å². The molecule has 6 nitrogen and oxygen atoms in total. The average molecular weight is 282 g/mol. The van der Waals surface area contributed by atoms with Crippen molar-refractivity contribution in [1.82, 2.24) is 5.32 Å². The van der Waals surface area contributed by atoms with Gasteiger partial charge in [-0.25, -0.2) is 14.0 Å². The molecule has 0 bridgehead atoms. The molecule has 20 heavy (non-hydrogen) atoms. The number of carbonyl (C=O) groups is 2. The topological polar surface area (TPSA) is 87.7 Å². The van der Waals surface area contributed by atoms with Crippen LogP contribution in [0.3, 0.4) is 0 Å². The lowest BCUT2D eigenvalue weighted by molar-refractivity contribution is -0.144. The molecule has 1 aromatic carbocycles. The van der Waals surface area contributed by atoms with Crippen LogP contribution < -0.4 is 10.6 Å². The number of urea groups is 1. The molecule has 108 valence electrons. The maximum atomic E-state index is 13.1. The highest BCUT2D eigenvalue weighted by Crippen LogP contribution is 2.20. The smallest absolute Gasteiger partial charge is 0.332 e. The number of amides is 2. The summed E-state index contributed by atoms with van der Waals surface area (Å²) in [6.07, 6.45) is 0.207. The minimum absolute atomic E-state index is 0.0712. The van der Waals surface area contributed by atoms with Crippen molar-refractivity contribution in [1.29, 1.82) is 0 Å². The third-order valence-electron chi connectivity index (χ3n) is 3.20. The number of anilines is 1. The number of benzene rings is 1. The van der Waals surface area contributed by atoms with E-state index in [-0.39, 0.29) is 25.5 Å². The summed E-state index contributed by atoms with van der Waals surface area (Å²) in [5, 5.41) is 14.1. The van der Waals surface area contributed by atoms with Gasteiger partial charge >= 0.3 is 12.0 Å². The number of carboxylic acid groups (broad SMARTS) is 1. The van der Waals surface area contributed by atoms with E-state index in [9.17, 15) is 19.1 Å². The summed E-state index contributed by atoms with van der Waals surface area (Å²) in [6.45, 7) is 1.78. The summed E-state index contributed by atoms with van der Waals surface area (Å²) in [5.41, 5.74) is -0.625. The van der Waals surface area contributed by atoms with Crippen molar-refractivity contribution in [2.75, 3.05) is 18.5 Å². The lowest BCUT2D eigenvalue weighted by Crippen LogP contribution is -2.56. The van der Waals surface area contributed by atoms with Crippen LogP contribution in [0.1, 0.15) is 12.0 Å². The van der Waals surface area contributed by atoms with Crippen LogP contribution in [0.5, 0.6) is 0 Å². The number of hydrogen-bond acceptors (Lipinski definition) is 3.